The Morgan fingerprint density at radius 1 is 1.42 bits per heavy atom. The van der Waals surface area contributed by atoms with Gasteiger partial charge in [0.2, 0.25) is 0 Å². The van der Waals surface area contributed by atoms with Gasteiger partial charge in [0.1, 0.15) is 5.54 Å². The zero-order chi connectivity index (χ0) is 14.3. The second kappa shape index (κ2) is 7.33. The summed E-state index contributed by atoms with van der Waals surface area (Å²) in [6.07, 6.45) is 3.45. The van der Waals surface area contributed by atoms with Gasteiger partial charge >= 0.3 is 12.0 Å². The molecule has 0 aromatic rings. The van der Waals surface area contributed by atoms with Crippen LogP contribution in [0.4, 0.5) is 4.79 Å². The third-order valence-corrected chi connectivity index (χ3v) is 3.77. The number of amides is 2. The van der Waals surface area contributed by atoms with Gasteiger partial charge in [0.05, 0.1) is 0 Å². The Morgan fingerprint density at radius 3 is 2.74 bits per heavy atom. The molecule has 19 heavy (non-hydrogen) atoms. The minimum atomic E-state index is -1.02. The molecule has 0 aromatic carbocycles. The van der Waals surface area contributed by atoms with Gasteiger partial charge in [0, 0.05) is 26.8 Å². The molecule has 0 saturated carbocycles. The van der Waals surface area contributed by atoms with Crippen LogP contribution in [-0.4, -0.2) is 54.4 Å². The SMILES string of the molecule is CCC1(C(=O)O)CCCN1C(=O)NCCCCOC. The predicted molar refractivity (Wildman–Crippen MR) is 71.1 cm³/mol. The van der Waals surface area contributed by atoms with E-state index in [9.17, 15) is 14.7 Å². The highest BCUT2D eigenvalue weighted by atomic mass is 16.5. The molecule has 1 saturated heterocycles. The lowest BCUT2D eigenvalue weighted by atomic mass is 9.93. The third kappa shape index (κ3) is 3.59. The average molecular weight is 272 g/mol. The molecule has 110 valence electrons. The van der Waals surface area contributed by atoms with Crippen LogP contribution in [0.5, 0.6) is 0 Å². The number of unbranched alkanes of at least 4 members (excludes halogenated alkanes) is 1. The third-order valence-electron chi connectivity index (χ3n) is 3.77. The zero-order valence-electron chi connectivity index (χ0n) is 11.8. The Morgan fingerprint density at radius 2 is 2.16 bits per heavy atom. The highest BCUT2D eigenvalue weighted by molar-refractivity contribution is 5.87. The number of hydrogen-bond donors (Lipinski definition) is 2. The second-order valence-electron chi connectivity index (χ2n) is 4.88. The van der Waals surface area contributed by atoms with Gasteiger partial charge < -0.3 is 20.1 Å². The van der Waals surface area contributed by atoms with E-state index in [-0.39, 0.29) is 6.03 Å². The van der Waals surface area contributed by atoms with Crippen LogP contribution in [0.25, 0.3) is 0 Å². The van der Waals surface area contributed by atoms with Crippen molar-refractivity contribution in [2.45, 2.75) is 44.6 Å². The highest BCUT2D eigenvalue weighted by Gasteiger charge is 2.48. The quantitative estimate of drug-likeness (QED) is 0.688. The van der Waals surface area contributed by atoms with Crippen LogP contribution in [0.1, 0.15) is 39.0 Å². The van der Waals surface area contributed by atoms with Gasteiger partial charge in [-0.2, -0.15) is 0 Å². The van der Waals surface area contributed by atoms with Gasteiger partial charge in [-0.3, -0.25) is 0 Å². The number of methoxy groups -OCH3 is 1. The van der Waals surface area contributed by atoms with E-state index in [1.165, 1.54) is 4.90 Å². The van der Waals surface area contributed by atoms with Crippen LogP contribution < -0.4 is 5.32 Å². The largest absolute Gasteiger partial charge is 0.479 e. The van der Waals surface area contributed by atoms with E-state index >= 15 is 0 Å². The summed E-state index contributed by atoms with van der Waals surface area (Å²) < 4.78 is 4.93. The molecule has 2 N–H and O–H groups in total. The molecule has 0 aromatic heterocycles. The van der Waals surface area contributed by atoms with Crippen molar-refractivity contribution in [3.63, 3.8) is 0 Å². The van der Waals surface area contributed by atoms with Crippen molar-refractivity contribution in [1.29, 1.82) is 0 Å². The first-order valence-corrected chi connectivity index (χ1v) is 6.86. The van der Waals surface area contributed by atoms with E-state index < -0.39 is 11.5 Å². The monoisotopic (exact) mass is 272 g/mol. The van der Waals surface area contributed by atoms with E-state index in [0.29, 0.717) is 32.5 Å². The molecule has 1 heterocycles. The Balaban J connectivity index is 2.48. The lowest BCUT2D eigenvalue weighted by Crippen LogP contribution is -2.55. The number of hydrogen-bond acceptors (Lipinski definition) is 3. The Bertz CT molecular complexity index is 322. The maximum atomic E-state index is 12.1. The fraction of sp³-hybridized carbons (Fsp3) is 0.846. The average Bonchev–Trinajstić information content (AvgIpc) is 2.83. The van der Waals surface area contributed by atoms with Gasteiger partial charge in [0.15, 0.2) is 0 Å². The lowest BCUT2D eigenvalue weighted by Gasteiger charge is -2.33. The van der Waals surface area contributed by atoms with Gasteiger partial charge in [0.25, 0.3) is 0 Å². The molecule has 6 heteroatoms. The summed E-state index contributed by atoms with van der Waals surface area (Å²) in [6, 6.07) is -0.265. The first kappa shape index (κ1) is 15.8. The minimum absolute atomic E-state index is 0.265. The van der Waals surface area contributed by atoms with Gasteiger partial charge in [-0.05, 0) is 32.1 Å². The first-order valence-electron chi connectivity index (χ1n) is 6.86. The molecule has 1 fully saturated rings. The van der Waals surface area contributed by atoms with Crippen LogP contribution in [0, 0.1) is 0 Å². The summed E-state index contributed by atoms with van der Waals surface area (Å²) >= 11 is 0. The van der Waals surface area contributed by atoms with Crippen molar-refractivity contribution in [2.24, 2.45) is 0 Å². The summed E-state index contributed by atoms with van der Waals surface area (Å²) in [6.45, 7) is 3.56. The molecule has 1 rings (SSSR count). The van der Waals surface area contributed by atoms with Crippen LogP contribution in [0.2, 0.25) is 0 Å². The number of nitrogens with zero attached hydrogens (tertiary/aromatic N) is 1. The van der Waals surface area contributed by atoms with Crippen LogP contribution >= 0.6 is 0 Å². The number of carbonyl (C=O) groups is 2. The molecule has 0 bridgehead atoms. The molecule has 1 atom stereocenters. The van der Waals surface area contributed by atoms with E-state index in [1.54, 1.807) is 7.11 Å². The maximum Gasteiger partial charge on any atom is 0.329 e. The Hall–Kier alpha value is -1.30. The maximum absolute atomic E-state index is 12.1. The fourth-order valence-corrected chi connectivity index (χ4v) is 2.58. The van der Waals surface area contributed by atoms with Crippen LogP contribution in [-0.2, 0) is 9.53 Å². The summed E-state index contributed by atoms with van der Waals surface area (Å²) in [5.74, 6) is -0.901. The number of aliphatic carboxylic acids is 1. The number of carbonyl (C=O) groups excluding carboxylic acids is 1. The van der Waals surface area contributed by atoms with Crippen molar-refractivity contribution in [3.05, 3.63) is 0 Å². The number of rotatable bonds is 7. The molecule has 0 radical (unpaired) electrons. The molecule has 1 aliphatic rings. The van der Waals surface area contributed by atoms with Crippen LogP contribution in [0.3, 0.4) is 0 Å². The number of nitrogens with one attached hydrogen (secondary N) is 1. The number of likely N-dealkylation sites (tertiary alicyclic amines) is 1. The van der Waals surface area contributed by atoms with E-state index in [4.69, 9.17) is 4.74 Å². The molecule has 1 unspecified atom stereocenters. The topological polar surface area (TPSA) is 78.9 Å². The number of carboxylic acids is 1. The molecular formula is C13H24N2O4. The first-order chi connectivity index (χ1) is 9.08. The van der Waals surface area contributed by atoms with E-state index in [2.05, 4.69) is 5.32 Å². The van der Waals surface area contributed by atoms with Crippen LogP contribution in [0.15, 0.2) is 0 Å². The summed E-state index contributed by atoms with van der Waals surface area (Å²) in [5.41, 5.74) is -1.02. The molecule has 1 aliphatic heterocycles. The lowest BCUT2D eigenvalue weighted by molar-refractivity contribution is -0.148. The predicted octanol–water partition coefficient (Wildman–Crippen LogP) is 1.45. The fourth-order valence-electron chi connectivity index (χ4n) is 2.58. The smallest absolute Gasteiger partial charge is 0.329 e. The van der Waals surface area contributed by atoms with E-state index in [0.717, 1.165) is 19.3 Å². The number of urea groups is 1. The van der Waals surface area contributed by atoms with Crippen molar-refractivity contribution >= 4 is 12.0 Å². The number of carboxylic acid groups (broad SMARTS) is 1. The molecular weight excluding hydrogens is 248 g/mol. The number of ether oxygens (including phenoxy) is 1. The molecule has 2 amide bonds. The molecule has 6 nitrogen and oxygen atoms in total. The Labute approximate surface area is 114 Å². The molecule has 0 aliphatic carbocycles. The minimum Gasteiger partial charge on any atom is -0.479 e. The van der Waals surface area contributed by atoms with Gasteiger partial charge in [-0.1, -0.05) is 6.92 Å². The standard InChI is InChI=1S/C13H24N2O4/c1-3-13(11(16)17)7-6-9-15(13)12(18)14-8-4-5-10-19-2/h3-10H2,1-2H3,(H,14,18)(H,16,17). The second-order valence-corrected chi connectivity index (χ2v) is 4.88. The summed E-state index contributed by atoms with van der Waals surface area (Å²) in [5, 5.41) is 12.2. The highest BCUT2D eigenvalue weighted by Crippen LogP contribution is 2.32. The summed E-state index contributed by atoms with van der Waals surface area (Å²) in [7, 11) is 1.64. The summed E-state index contributed by atoms with van der Waals surface area (Å²) in [4.78, 5) is 25.0. The Kier molecular flexibility index (Phi) is 6.08. The van der Waals surface area contributed by atoms with Crippen molar-refractivity contribution in [2.75, 3.05) is 26.8 Å². The van der Waals surface area contributed by atoms with Gasteiger partial charge in [-0.25, -0.2) is 9.59 Å². The van der Waals surface area contributed by atoms with Gasteiger partial charge in [-0.15, -0.1) is 0 Å². The van der Waals surface area contributed by atoms with Crippen molar-refractivity contribution in [3.8, 4) is 0 Å². The van der Waals surface area contributed by atoms with Crippen molar-refractivity contribution < 1.29 is 19.4 Å². The van der Waals surface area contributed by atoms with E-state index in [1.807, 2.05) is 6.92 Å². The molecule has 0 spiro atoms. The normalized spacial score (nSPS) is 22.5. The zero-order valence-corrected chi connectivity index (χ0v) is 11.8. The van der Waals surface area contributed by atoms with Crippen molar-refractivity contribution in [1.82, 2.24) is 10.2 Å².